The number of carbonyl (C=O) groups is 1. The normalized spacial score (nSPS) is 17.8. The van der Waals surface area contributed by atoms with Gasteiger partial charge in [0.15, 0.2) is 0 Å². The van der Waals surface area contributed by atoms with Crippen molar-refractivity contribution in [2.24, 2.45) is 5.92 Å². The van der Waals surface area contributed by atoms with Gasteiger partial charge in [-0.2, -0.15) is 0 Å². The minimum atomic E-state index is -0.224. The molecular formula is C18H19N5O2. The number of amides is 1. The largest absolute Gasteiger partial charge is 0.337 e. The zero-order valence-electron chi connectivity index (χ0n) is 13.8. The number of hydrogen-bond acceptors (Lipinski definition) is 4. The van der Waals surface area contributed by atoms with E-state index in [1.807, 2.05) is 29.3 Å². The van der Waals surface area contributed by atoms with Gasteiger partial charge in [0, 0.05) is 31.2 Å². The van der Waals surface area contributed by atoms with Crippen LogP contribution < -0.4 is 5.56 Å². The lowest BCUT2D eigenvalue weighted by Gasteiger charge is -2.32. The van der Waals surface area contributed by atoms with Crippen LogP contribution in [-0.4, -0.2) is 43.9 Å². The van der Waals surface area contributed by atoms with Crippen molar-refractivity contribution in [1.29, 1.82) is 0 Å². The van der Waals surface area contributed by atoms with Gasteiger partial charge in [-0.05, 0) is 36.3 Å². The predicted molar refractivity (Wildman–Crippen MR) is 93.2 cm³/mol. The molecule has 1 saturated heterocycles. The maximum Gasteiger partial charge on any atom is 0.270 e. The number of likely N-dealkylation sites (tertiary alicyclic amines) is 1. The Morgan fingerprint density at radius 3 is 3.04 bits per heavy atom. The van der Waals surface area contributed by atoms with Crippen molar-refractivity contribution in [2.45, 2.75) is 19.4 Å². The van der Waals surface area contributed by atoms with Gasteiger partial charge in [0.1, 0.15) is 5.69 Å². The van der Waals surface area contributed by atoms with Gasteiger partial charge < -0.3 is 9.88 Å². The Balaban J connectivity index is 1.55. The fraction of sp³-hybridized carbons (Fsp3) is 0.333. The number of fused-ring (bicyclic) bond motifs is 1. The van der Waals surface area contributed by atoms with Crippen molar-refractivity contribution >= 4 is 16.7 Å². The minimum absolute atomic E-state index is 0.119. The van der Waals surface area contributed by atoms with Crippen molar-refractivity contribution in [3.8, 4) is 0 Å². The highest BCUT2D eigenvalue weighted by atomic mass is 16.2. The fourth-order valence-electron chi connectivity index (χ4n) is 3.49. The molecule has 3 heterocycles. The standard InChI is InChI=1S/C18H19N5O2/c24-17-15-6-2-1-5-14(15)10-16(20-17)18(25)22-8-3-4-13(11-22)12-23-9-7-19-21-23/h1-2,5-7,9-10,13H,3-4,8,11-12H2,(H,20,24). The van der Waals surface area contributed by atoms with Crippen LogP contribution >= 0.6 is 0 Å². The van der Waals surface area contributed by atoms with Crippen LogP contribution in [0.5, 0.6) is 0 Å². The van der Waals surface area contributed by atoms with Gasteiger partial charge in [-0.25, -0.2) is 0 Å². The number of benzene rings is 1. The minimum Gasteiger partial charge on any atom is -0.337 e. The monoisotopic (exact) mass is 337 g/mol. The van der Waals surface area contributed by atoms with Gasteiger partial charge in [0.2, 0.25) is 0 Å². The second kappa shape index (κ2) is 6.51. The lowest BCUT2D eigenvalue weighted by atomic mass is 9.97. The molecule has 1 aromatic carbocycles. The first-order valence-electron chi connectivity index (χ1n) is 8.46. The van der Waals surface area contributed by atoms with Gasteiger partial charge in [-0.3, -0.25) is 14.3 Å². The Kier molecular flexibility index (Phi) is 4.05. The molecule has 7 nitrogen and oxygen atoms in total. The number of H-pyrrole nitrogens is 1. The summed E-state index contributed by atoms with van der Waals surface area (Å²) in [6, 6.07) is 9.06. The summed E-state index contributed by atoms with van der Waals surface area (Å²) >= 11 is 0. The van der Waals surface area contributed by atoms with Gasteiger partial charge >= 0.3 is 0 Å². The highest BCUT2D eigenvalue weighted by Crippen LogP contribution is 2.20. The molecule has 0 bridgehead atoms. The summed E-state index contributed by atoms with van der Waals surface area (Å²) in [5.41, 5.74) is 0.128. The molecule has 1 amide bonds. The first kappa shape index (κ1) is 15.6. The number of pyridine rings is 1. The molecule has 0 spiro atoms. The average molecular weight is 337 g/mol. The zero-order valence-corrected chi connectivity index (χ0v) is 13.8. The van der Waals surface area contributed by atoms with Crippen LogP contribution in [0.4, 0.5) is 0 Å². The van der Waals surface area contributed by atoms with Gasteiger partial charge in [-0.1, -0.05) is 23.4 Å². The van der Waals surface area contributed by atoms with Crippen LogP contribution in [0.3, 0.4) is 0 Å². The molecule has 0 saturated carbocycles. The molecule has 2 aromatic heterocycles. The number of rotatable bonds is 3. The summed E-state index contributed by atoms with van der Waals surface area (Å²) in [6.45, 7) is 2.12. The predicted octanol–water partition coefficient (Wildman–Crippen LogP) is 1.67. The second-order valence-corrected chi connectivity index (χ2v) is 6.48. The summed E-state index contributed by atoms with van der Waals surface area (Å²) in [5.74, 6) is 0.220. The third-order valence-electron chi connectivity index (χ3n) is 4.71. The Bertz CT molecular complexity index is 948. The van der Waals surface area contributed by atoms with Crippen LogP contribution in [-0.2, 0) is 6.54 Å². The van der Waals surface area contributed by atoms with Gasteiger partial charge in [-0.15, -0.1) is 5.10 Å². The van der Waals surface area contributed by atoms with E-state index in [-0.39, 0.29) is 11.5 Å². The third kappa shape index (κ3) is 3.17. The van der Waals surface area contributed by atoms with Gasteiger partial charge in [0.25, 0.3) is 11.5 Å². The summed E-state index contributed by atoms with van der Waals surface area (Å²) in [5, 5.41) is 9.20. The number of nitrogens with one attached hydrogen (secondary N) is 1. The molecule has 1 aliphatic heterocycles. The molecule has 0 aliphatic carbocycles. The second-order valence-electron chi connectivity index (χ2n) is 6.48. The Labute approximate surface area is 144 Å². The first-order valence-corrected chi connectivity index (χ1v) is 8.46. The molecule has 1 atom stereocenters. The maximum atomic E-state index is 12.9. The molecular weight excluding hydrogens is 318 g/mol. The van der Waals surface area contributed by atoms with Crippen molar-refractivity contribution in [2.75, 3.05) is 13.1 Å². The maximum absolute atomic E-state index is 12.9. The van der Waals surface area contributed by atoms with Crippen molar-refractivity contribution in [3.63, 3.8) is 0 Å². The molecule has 4 rings (SSSR count). The molecule has 7 heteroatoms. The molecule has 25 heavy (non-hydrogen) atoms. The third-order valence-corrected chi connectivity index (χ3v) is 4.71. The van der Waals surface area contributed by atoms with Crippen molar-refractivity contribution in [3.05, 3.63) is 58.8 Å². The summed E-state index contributed by atoms with van der Waals surface area (Å²) in [7, 11) is 0. The number of aromatic nitrogens is 4. The lowest BCUT2D eigenvalue weighted by molar-refractivity contribution is 0.0653. The lowest BCUT2D eigenvalue weighted by Crippen LogP contribution is -2.41. The number of piperidine rings is 1. The highest BCUT2D eigenvalue weighted by Gasteiger charge is 2.25. The average Bonchev–Trinajstić information content (AvgIpc) is 3.14. The van der Waals surface area contributed by atoms with E-state index in [1.54, 1.807) is 23.0 Å². The number of aromatic amines is 1. The molecule has 1 N–H and O–H groups in total. The smallest absolute Gasteiger partial charge is 0.270 e. The van der Waals surface area contributed by atoms with E-state index in [4.69, 9.17) is 0 Å². The summed E-state index contributed by atoms with van der Waals surface area (Å²) < 4.78 is 1.80. The summed E-state index contributed by atoms with van der Waals surface area (Å²) in [4.78, 5) is 29.6. The number of carbonyl (C=O) groups excluding carboxylic acids is 1. The SMILES string of the molecule is O=C(c1cc2ccccc2c(=O)[nH]1)N1CCCC(Cn2ccnn2)C1. The van der Waals surface area contributed by atoms with Crippen LogP contribution in [0, 0.1) is 5.92 Å². The first-order chi connectivity index (χ1) is 12.2. The Morgan fingerprint density at radius 1 is 1.32 bits per heavy atom. The number of nitrogens with zero attached hydrogens (tertiary/aromatic N) is 4. The topological polar surface area (TPSA) is 83.9 Å². The quantitative estimate of drug-likeness (QED) is 0.788. The Hall–Kier alpha value is -2.96. The number of hydrogen-bond donors (Lipinski definition) is 1. The zero-order chi connectivity index (χ0) is 17.2. The van der Waals surface area contributed by atoms with E-state index >= 15 is 0 Å². The van der Waals surface area contributed by atoms with E-state index in [2.05, 4.69) is 15.3 Å². The molecule has 1 aliphatic rings. The molecule has 1 fully saturated rings. The molecule has 128 valence electrons. The van der Waals surface area contributed by atoms with E-state index in [9.17, 15) is 9.59 Å². The van der Waals surface area contributed by atoms with E-state index in [0.717, 1.165) is 24.8 Å². The van der Waals surface area contributed by atoms with Gasteiger partial charge in [0.05, 0.1) is 6.20 Å². The van der Waals surface area contributed by atoms with Crippen LogP contribution in [0.25, 0.3) is 10.8 Å². The molecule has 0 radical (unpaired) electrons. The van der Waals surface area contributed by atoms with Crippen LogP contribution in [0.15, 0.2) is 47.5 Å². The van der Waals surface area contributed by atoms with E-state index in [0.29, 0.717) is 30.1 Å². The Morgan fingerprint density at radius 2 is 2.20 bits per heavy atom. The van der Waals surface area contributed by atoms with E-state index < -0.39 is 0 Å². The molecule has 1 unspecified atom stereocenters. The molecule has 3 aromatic rings. The fourth-order valence-corrected chi connectivity index (χ4v) is 3.49. The van der Waals surface area contributed by atoms with E-state index in [1.165, 1.54) is 0 Å². The van der Waals surface area contributed by atoms with Crippen LogP contribution in [0.2, 0.25) is 0 Å². The van der Waals surface area contributed by atoms with Crippen molar-refractivity contribution < 1.29 is 4.79 Å². The van der Waals surface area contributed by atoms with Crippen LogP contribution in [0.1, 0.15) is 23.3 Å². The summed E-state index contributed by atoms with van der Waals surface area (Å²) in [6.07, 6.45) is 5.49. The highest BCUT2D eigenvalue weighted by molar-refractivity contribution is 5.96. The van der Waals surface area contributed by atoms with Crippen molar-refractivity contribution in [1.82, 2.24) is 24.9 Å².